The fraction of sp³-hybridized carbons (Fsp3) is 0.164. The molecule has 0 bridgehead atoms. The van der Waals surface area contributed by atoms with Gasteiger partial charge in [0, 0.05) is 31.0 Å². The number of carboxylic acid groups (broad SMARTS) is 4. The predicted molar refractivity (Wildman–Crippen MR) is 302 cm³/mol. The fourth-order valence-electron chi connectivity index (χ4n) is 8.33. The van der Waals surface area contributed by atoms with E-state index in [2.05, 4.69) is 31.9 Å². The zero-order valence-corrected chi connectivity index (χ0v) is 43.1. The summed E-state index contributed by atoms with van der Waals surface area (Å²) in [6, 6.07) is 48.5. The minimum atomic E-state index is -1.18. The van der Waals surface area contributed by atoms with Gasteiger partial charge in [-0.05, 0) is 97.6 Å². The summed E-state index contributed by atoms with van der Waals surface area (Å²) in [6.45, 7) is 0.580. The Morgan fingerprint density at radius 2 is 0.700 bits per heavy atom. The van der Waals surface area contributed by atoms with Gasteiger partial charge in [0.2, 0.25) is 11.8 Å². The van der Waals surface area contributed by atoms with Crippen LogP contribution in [0.4, 0.5) is 34.1 Å². The van der Waals surface area contributed by atoms with E-state index in [0.29, 0.717) is 29.0 Å². The Labute approximate surface area is 460 Å². The molecule has 10 N–H and O–H groups in total. The van der Waals surface area contributed by atoms with Crippen LogP contribution in [0.2, 0.25) is 0 Å². The Hall–Kier alpha value is -10.4. The van der Waals surface area contributed by atoms with Crippen molar-refractivity contribution in [3.8, 4) is 0 Å². The molecule has 0 radical (unpaired) electrons. The highest BCUT2D eigenvalue weighted by molar-refractivity contribution is 6.14. The molecule has 19 heteroatoms. The van der Waals surface area contributed by atoms with Crippen LogP contribution in [0.3, 0.4) is 0 Å². The van der Waals surface area contributed by atoms with E-state index in [1.807, 2.05) is 42.5 Å². The first-order chi connectivity index (χ1) is 38.6. The molecule has 19 nitrogen and oxygen atoms in total. The lowest BCUT2D eigenvalue weighted by Crippen LogP contribution is -2.26. The molecule has 5 amide bonds. The molecular formula is C61H58N6O13. The molecule has 0 spiro atoms. The molecule has 0 aliphatic heterocycles. The highest BCUT2D eigenvalue weighted by atomic mass is 16.4. The van der Waals surface area contributed by atoms with Crippen molar-refractivity contribution < 1.29 is 63.6 Å². The number of anilines is 6. The van der Waals surface area contributed by atoms with Crippen LogP contribution in [0.1, 0.15) is 119 Å². The van der Waals surface area contributed by atoms with E-state index >= 15 is 0 Å². The highest BCUT2D eigenvalue weighted by Gasteiger charge is 2.24. The first-order valence-corrected chi connectivity index (χ1v) is 25.4. The molecule has 7 aromatic carbocycles. The van der Waals surface area contributed by atoms with Crippen LogP contribution in [0.25, 0.3) is 0 Å². The zero-order chi connectivity index (χ0) is 57.4. The Morgan fingerprint density at radius 3 is 1.10 bits per heavy atom. The number of benzene rings is 7. The number of amides is 5. The van der Waals surface area contributed by atoms with Crippen LogP contribution in [-0.2, 0) is 20.9 Å². The van der Waals surface area contributed by atoms with Crippen LogP contribution in [0.15, 0.2) is 176 Å². The van der Waals surface area contributed by atoms with E-state index in [4.69, 9.17) is 5.11 Å². The summed E-state index contributed by atoms with van der Waals surface area (Å²) in [7, 11) is 0. The average Bonchev–Trinajstić information content (AvgIpc) is 3.46. The van der Waals surface area contributed by atoms with Crippen LogP contribution >= 0.6 is 0 Å². The molecule has 0 atom stereocenters. The van der Waals surface area contributed by atoms with Crippen molar-refractivity contribution in [2.24, 2.45) is 5.92 Å². The van der Waals surface area contributed by atoms with Crippen molar-refractivity contribution in [3.05, 3.63) is 215 Å². The summed E-state index contributed by atoms with van der Waals surface area (Å²) in [5, 5.41) is 52.9. The maximum absolute atomic E-state index is 12.7. The van der Waals surface area contributed by atoms with E-state index in [1.54, 1.807) is 91.0 Å². The van der Waals surface area contributed by atoms with Crippen LogP contribution in [-0.4, -0.2) is 73.8 Å². The minimum Gasteiger partial charge on any atom is -0.481 e. The predicted octanol–water partition coefficient (Wildman–Crippen LogP) is 11.2. The number of rotatable bonds is 19. The Kier molecular flexibility index (Phi) is 21.9. The molecule has 1 aliphatic rings. The number of carbonyl (C=O) groups is 9. The van der Waals surface area contributed by atoms with Crippen molar-refractivity contribution in [2.45, 2.75) is 57.9 Å². The quantitative estimate of drug-likeness (QED) is 0.0360. The molecule has 0 unspecified atom stereocenters. The summed E-state index contributed by atoms with van der Waals surface area (Å²) in [5.41, 5.74) is 3.98. The third kappa shape index (κ3) is 17.6. The highest BCUT2D eigenvalue weighted by Crippen LogP contribution is 2.27. The normalized spacial score (nSPS) is 11.6. The van der Waals surface area contributed by atoms with Crippen molar-refractivity contribution >= 4 is 87.5 Å². The van der Waals surface area contributed by atoms with Crippen molar-refractivity contribution in [2.75, 3.05) is 31.9 Å². The lowest BCUT2D eigenvalue weighted by atomic mass is 9.88. The SMILES string of the molecule is O=C(O)CCCC(=O)Nc1ccccc1C(=O)Nc1ccccc1C(=O)O.O=C(O)c1ccccc1NC(=O)c1ccccc1NC(=O)C1CCCCC1.O=C(O)c1ccccc1NC(=O)c1ccccc1NCc1ccccc1. The minimum absolute atomic E-state index is 0.00407. The maximum Gasteiger partial charge on any atom is 0.337 e. The number of carboxylic acids is 4. The number of carbonyl (C=O) groups excluding carboxylic acids is 5. The Balaban J connectivity index is 0.000000194. The number of aliphatic carboxylic acids is 1. The van der Waals surface area contributed by atoms with Gasteiger partial charge in [0.25, 0.3) is 17.7 Å². The summed E-state index contributed by atoms with van der Waals surface area (Å²) in [4.78, 5) is 107. The van der Waals surface area contributed by atoms with Gasteiger partial charge in [-0.15, -0.1) is 0 Å². The standard InChI is InChI=1S/C21H22N2O4.C21H18N2O3.C19H18N2O6/c24-19(14-8-2-1-3-9-14)22-17-12-6-4-10-15(17)20(25)23-18-13-7-5-11-16(18)21(26)27;24-20(23-19-13-7-5-11-17(19)21(25)26)16-10-4-6-12-18(16)22-14-15-8-2-1-3-9-15;22-16(10-5-11-17(23)24)20-14-8-3-1-6-12(14)18(25)21-15-9-4-2-7-13(15)19(26)27/h4-7,10-14H,1-3,8-9H2,(H,22,24)(H,23,25)(H,26,27);1-13,22H,14H2,(H,23,24)(H,25,26);1-4,6-9H,5,10-11H2,(H,20,22)(H,21,25)(H,23,24)(H,26,27). The first kappa shape index (κ1) is 58.8. The van der Waals surface area contributed by atoms with Crippen molar-refractivity contribution in [1.82, 2.24) is 0 Å². The van der Waals surface area contributed by atoms with E-state index in [-0.39, 0.29) is 82.0 Å². The van der Waals surface area contributed by atoms with E-state index < -0.39 is 41.6 Å². The van der Waals surface area contributed by atoms with Crippen LogP contribution in [0.5, 0.6) is 0 Å². The molecule has 80 heavy (non-hydrogen) atoms. The van der Waals surface area contributed by atoms with Crippen LogP contribution in [0, 0.1) is 5.92 Å². The van der Waals surface area contributed by atoms with E-state index in [1.165, 1.54) is 42.5 Å². The molecule has 1 aliphatic carbocycles. The monoisotopic (exact) mass is 1080 g/mol. The van der Waals surface area contributed by atoms with Gasteiger partial charge in [0.15, 0.2) is 0 Å². The molecule has 0 saturated heterocycles. The second kappa shape index (κ2) is 29.8. The fourth-order valence-corrected chi connectivity index (χ4v) is 8.33. The van der Waals surface area contributed by atoms with Gasteiger partial charge in [-0.25, -0.2) is 14.4 Å². The molecule has 1 saturated carbocycles. The average molecular weight is 1080 g/mol. The number of hydrogen-bond acceptors (Lipinski definition) is 10. The second-order valence-electron chi connectivity index (χ2n) is 18.0. The molecule has 410 valence electrons. The van der Waals surface area contributed by atoms with Gasteiger partial charge in [0.05, 0.1) is 61.8 Å². The molecular weight excluding hydrogens is 1020 g/mol. The molecule has 7 aromatic rings. The third-order valence-electron chi connectivity index (χ3n) is 12.4. The lowest BCUT2D eigenvalue weighted by Gasteiger charge is -2.21. The van der Waals surface area contributed by atoms with E-state index in [9.17, 15) is 58.5 Å². The summed E-state index contributed by atoms with van der Waals surface area (Å²) in [5.74, 6) is -6.29. The van der Waals surface area contributed by atoms with Gasteiger partial charge >= 0.3 is 23.9 Å². The molecule has 8 rings (SSSR count). The number of para-hydroxylation sites is 6. The van der Waals surface area contributed by atoms with Crippen molar-refractivity contribution in [3.63, 3.8) is 0 Å². The van der Waals surface area contributed by atoms with Gasteiger partial charge < -0.3 is 52.3 Å². The van der Waals surface area contributed by atoms with Crippen molar-refractivity contribution in [1.29, 1.82) is 0 Å². The topological polar surface area (TPSA) is 307 Å². The smallest absolute Gasteiger partial charge is 0.337 e. The Bertz CT molecular complexity index is 3360. The van der Waals surface area contributed by atoms with Gasteiger partial charge in [-0.3, -0.25) is 28.8 Å². The van der Waals surface area contributed by atoms with Crippen LogP contribution < -0.4 is 31.9 Å². The van der Waals surface area contributed by atoms with Gasteiger partial charge in [-0.1, -0.05) is 122 Å². The number of hydrogen-bond donors (Lipinski definition) is 10. The molecule has 1 fully saturated rings. The third-order valence-corrected chi connectivity index (χ3v) is 12.4. The largest absolute Gasteiger partial charge is 0.481 e. The Morgan fingerprint density at radius 1 is 0.362 bits per heavy atom. The summed E-state index contributed by atoms with van der Waals surface area (Å²) < 4.78 is 0. The molecule has 0 heterocycles. The second-order valence-corrected chi connectivity index (χ2v) is 18.0. The van der Waals surface area contributed by atoms with Gasteiger partial charge in [0.1, 0.15) is 0 Å². The lowest BCUT2D eigenvalue weighted by molar-refractivity contribution is -0.137. The zero-order valence-electron chi connectivity index (χ0n) is 43.1. The van der Waals surface area contributed by atoms with Gasteiger partial charge in [-0.2, -0.15) is 0 Å². The first-order valence-electron chi connectivity index (χ1n) is 25.4. The number of aromatic carboxylic acids is 3. The summed E-state index contributed by atoms with van der Waals surface area (Å²) in [6.07, 6.45) is 5.05. The molecule has 0 aromatic heterocycles. The number of nitrogens with one attached hydrogen (secondary N) is 6. The van der Waals surface area contributed by atoms with E-state index in [0.717, 1.165) is 37.7 Å². The summed E-state index contributed by atoms with van der Waals surface area (Å²) >= 11 is 0. The maximum atomic E-state index is 12.7.